The van der Waals surface area contributed by atoms with E-state index in [0.29, 0.717) is 18.8 Å². The van der Waals surface area contributed by atoms with Gasteiger partial charge in [-0.3, -0.25) is 9.69 Å². The van der Waals surface area contributed by atoms with E-state index in [9.17, 15) is 18.0 Å². The van der Waals surface area contributed by atoms with E-state index in [1.807, 2.05) is 4.90 Å². The van der Waals surface area contributed by atoms with Gasteiger partial charge in [-0.15, -0.1) is 0 Å². The monoisotopic (exact) mass is 390 g/mol. The third-order valence-corrected chi connectivity index (χ3v) is 5.43. The average Bonchev–Trinajstić information content (AvgIpc) is 2.67. The number of rotatable bonds is 3. The highest BCUT2D eigenvalue weighted by molar-refractivity contribution is 5.95. The second kappa shape index (κ2) is 7.56. The van der Waals surface area contributed by atoms with E-state index >= 15 is 0 Å². The van der Waals surface area contributed by atoms with Gasteiger partial charge < -0.3 is 9.64 Å². The number of halogens is 3. The molecule has 7 heteroatoms. The van der Waals surface area contributed by atoms with Gasteiger partial charge in [-0.25, -0.2) is 13.2 Å². The zero-order chi connectivity index (χ0) is 19.7. The van der Waals surface area contributed by atoms with Gasteiger partial charge in [-0.2, -0.15) is 0 Å². The van der Waals surface area contributed by atoms with Gasteiger partial charge in [0.2, 0.25) is 0 Å². The van der Waals surface area contributed by atoms with Crippen LogP contribution in [0.4, 0.5) is 18.9 Å². The molecular formula is C21H21F3N2O2. The molecule has 1 unspecified atom stereocenters. The lowest BCUT2D eigenvalue weighted by molar-refractivity contribution is -0.146. The Morgan fingerprint density at radius 1 is 1.04 bits per heavy atom. The number of likely N-dealkylation sites (tertiary alicyclic amines) is 1. The second-order valence-electron chi connectivity index (χ2n) is 7.45. The molecule has 2 aromatic carbocycles. The van der Waals surface area contributed by atoms with Crippen molar-refractivity contribution in [2.75, 3.05) is 31.1 Å². The lowest BCUT2D eigenvalue weighted by Crippen LogP contribution is -2.61. The molecule has 0 bridgehead atoms. The van der Waals surface area contributed by atoms with Crippen molar-refractivity contribution in [3.05, 3.63) is 65.5 Å². The molecule has 0 aliphatic carbocycles. The molecule has 2 fully saturated rings. The number of carbonyl (C=O) groups is 1. The van der Waals surface area contributed by atoms with Gasteiger partial charge in [-0.1, -0.05) is 12.1 Å². The van der Waals surface area contributed by atoms with Crippen LogP contribution in [0.5, 0.6) is 0 Å². The molecule has 0 saturated carbocycles. The van der Waals surface area contributed by atoms with Crippen LogP contribution in [0.15, 0.2) is 42.5 Å². The van der Waals surface area contributed by atoms with Crippen LogP contribution >= 0.6 is 0 Å². The highest BCUT2D eigenvalue weighted by Gasteiger charge is 2.43. The van der Waals surface area contributed by atoms with E-state index in [-0.39, 0.29) is 31.2 Å². The van der Waals surface area contributed by atoms with Crippen LogP contribution in [-0.4, -0.2) is 42.6 Å². The summed E-state index contributed by atoms with van der Waals surface area (Å²) in [5, 5.41) is 0. The molecule has 28 heavy (non-hydrogen) atoms. The molecule has 2 aliphatic heterocycles. The molecule has 0 N–H and O–H groups in total. The Kier molecular flexibility index (Phi) is 5.12. The second-order valence-corrected chi connectivity index (χ2v) is 7.45. The zero-order valence-corrected chi connectivity index (χ0v) is 15.3. The Labute approximate surface area is 161 Å². The molecule has 1 spiro atoms. The van der Waals surface area contributed by atoms with Crippen LogP contribution in [0.1, 0.15) is 18.4 Å². The summed E-state index contributed by atoms with van der Waals surface area (Å²) < 4.78 is 47.6. The first-order valence-electron chi connectivity index (χ1n) is 9.31. The number of hydrogen-bond donors (Lipinski definition) is 0. The van der Waals surface area contributed by atoms with Crippen molar-refractivity contribution < 1.29 is 22.7 Å². The fourth-order valence-corrected chi connectivity index (χ4v) is 4.07. The predicted molar refractivity (Wildman–Crippen MR) is 98.3 cm³/mol. The summed E-state index contributed by atoms with van der Waals surface area (Å²) in [4.78, 5) is 15.8. The van der Waals surface area contributed by atoms with E-state index in [2.05, 4.69) is 0 Å². The molecule has 0 aromatic heterocycles. The number of hydrogen-bond acceptors (Lipinski definition) is 3. The quantitative estimate of drug-likeness (QED) is 0.804. The van der Waals surface area contributed by atoms with Gasteiger partial charge in [0.05, 0.1) is 12.1 Å². The summed E-state index contributed by atoms with van der Waals surface area (Å²) in [6.07, 6.45) is 1.50. The van der Waals surface area contributed by atoms with Gasteiger partial charge in [0.25, 0.3) is 5.91 Å². The van der Waals surface area contributed by atoms with Crippen LogP contribution in [-0.2, 0) is 16.1 Å². The molecule has 4 nitrogen and oxygen atoms in total. The Bertz CT molecular complexity index is 871. The van der Waals surface area contributed by atoms with Gasteiger partial charge in [0, 0.05) is 24.3 Å². The van der Waals surface area contributed by atoms with Crippen molar-refractivity contribution in [2.45, 2.75) is 25.0 Å². The van der Waals surface area contributed by atoms with Crippen LogP contribution in [0, 0.1) is 17.5 Å². The summed E-state index contributed by atoms with van der Waals surface area (Å²) >= 11 is 0. The summed E-state index contributed by atoms with van der Waals surface area (Å²) in [5.74, 6) is -1.78. The average molecular weight is 390 g/mol. The standard InChI is InChI=1S/C21H21F3N2O2/c22-15-4-1-5-16(10-15)26-14-21(28-12-20(26)27)8-3-9-25(13-21)11-17-18(23)6-2-7-19(17)24/h1-2,4-7,10H,3,8-9,11-14H2. The molecule has 2 heterocycles. The molecule has 4 rings (SSSR count). The van der Waals surface area contributed by atoms with Crippen LogP contribution in [0.3, 0.4) is 0 Å². The third kappa shape index (κ3) is 3.77. The van der Waals surface area contributed by atoms with Crippen LogP contribution in [0.25, 0.3) is 0 Å². The first-order chi connectivity index (χ1) is 13.5. The van der Waals surface area contributed by atoms with Crippen molar-refractivity contribution in [3.63, 3.8) is 0 Å². The maximum atomic E-state index is 14.0. The number of piperidine rings is 1. The summed E-state index contributed by atoms with van der Waals surface area (Å²) in [6.45, 7) is 1.45. The number of anilines is 1. The normalized spacial score (nSPS) is 23.4. The summed E-state index contributed by atoms with van der Waals surface area (Å²) in [7, 11) is 0. The minimum atomic E-state index is -0.639. The molecular weight excluding hydrogens is 369 g/mol. The largest absolute Gasteiger partial charge is 0.362 e. The van der Waals surface area contributed by atoms with E-state index in [4.69, 9.17) is 4.74 Å². The molecule has 2 aromatic rings. The first kappa shape index (κ1) is 19.0. The van der Waals surface area contributed by atoms with Crippen molar-refractivity contribution in [2.24, 2.45) is 0 Å². The molecule has 1 atom stereocenters. The van der Waals surface area contributed by atoms with Crippen LogP contribution in [0.2, 0.25) is 0 Å². The van der Waals surface area contributed by atoms with Crippen molar-refractivity contribution in [3.8, 4) is 0 Å². The Morgan fingerprint density at radius 3 is 2.54 bits per heavy atom. The fourth-order valence-electron chi connectivity index (χ4n) is 4.07. The van der Waals surface area contributed by atoms with Gasteiger partial charge in [-0.05, 0) is 49.7 Å². The lowest BCUT2D eigenvalue weighted by atomic mass is 9.90. The predicted octanol–water partition coefficient (Wildman–Crippen LogP) is 3.50. The van der Waals surface area contributed by atoms with Crippen molar-refractivity contribution in [1.29, 1.82) is 0 Å². The minimum Gasteiger partial charge on any atom is -0.362 e. The van der Waals surface area contributed by atoms with E-state index in [0.717, 1.165) is 12.8 Å². The Morgan fingerprint density at radius 2 is 1.79 bits per heavy atom. The maximum Gasteiger partial charge on any atom is 0.253 e. The highest BCUT2D eigenvalue weighted by atomic mass is 19.1. The molecule has 1 amide bonds. The number of morpholine rings is 1. The van der Waals surface area contributed by atoms with E-state index < -0.39 is 23.1 Å². The SMILES string of the molecule is O=C1COC2(CCCN(Cc3c(F)cccc3F)C2)CN1c1cccc(F)c1. The number of carbonyl (C=O) groups excluding carboxylic acids is 1. The molecule has 2 aliphatic rings. The van der Waals surface area contributed by atoms with E-state index in [1.54, 1.807) is 17.0 Å². The van der Waals surface area contributed by atoms with Gasteiger partial charge in [0.1, 0.15) is 24.1 Å². The molecule has 2 saturated heterocycles. The third-order valence-electron chi connectivity index (χ3n) is 5.43. The van der Waals surface area contributed by atoms with E-state index in [1.165, 1.54) is 30.3 Å². The smallest absolute Gasteiger partial charge is 0.253 e. The number of nitrogens with zero attached hydrogens (tertiary/aromatic N) is 2. The number of ether oxygens (including phenoxy) is 1. The minimum absolute atomic E-state index is 0.0356. The van der Waals surface area contributed by atoms with Gasteiger partial charge in [0.15, 0.2) is 0 Å². The Balaban J connectivity index is 1.53. The van der Waals surface area contributed by atoms with Crippen molar-refractivity contribution in [1.82, 2.24) is 4.90 Å². The topological polar surface area (TPSA) is 32.8 Å². The highest BCUT2D eigenvalue weighted by Crippen LogP contribution is 2.33. The Hall–Kier alpha value is -2.38. The fraction of sp³-hybridized carbons (Fsp3) is 0.381. The van der Waals surface area contributed by atoms with Crippen molar-refractivity contribution >= 4 is 11.6 Å². The number of benzene rings is 2. The lowest BCUT2D eigenvalue weighted by Gasteiger charge is -2.47. The van der Waals surface area contributed by atoms with Crippen LogP contribution < -0.4 is 4.90 Å². The first-order valence-corrected chi connectivity index (χ1v) is 9.31. The maximum absolute atomic E-state index is 14.0. The van der Waals surface area contributed by atoms with Gasteiger partial charge >= 0.3 is 0 Å². The summed E-state index contributed by atoms with van der Waals surface area (Å²) in [5.41, 5.74) is -0.112. The molecule has 0 radical (unpaired) electrons. The zero-order valence-electron chi connectivity index (χ0n) is 15.3. The molecule has 148 valence electrons. The number of amides is 1. The summed E-state index contributed by atoms with van der Waals surface area (Å²) in [6, 6.07) is 9.75.